The molecule has 0 spiro atoms. The molecule has 0 aliphatic heterocycles. The second-order valence-electron chi connectivity index (χ2n) is 4.36. The lowest BCUT2D eigenvalue weighted by molar-refractivity contribution is 1.11. The average molecular weight is 246 g/mol. The Balaban J connectivity index is 2.10. The van der Waals surface area contributed by atoms with E-state index in [4.69, 9.17) is 0 Å². The molecule has 2 heterocycles. The molecule has 0 amide bonds. The van der Waals surface area contributed by atoms with Crippen LogP contribution in [0.5, 0.6) is 0 Å². The molecule has 4 nitrogen and oxygen atoms in total. The van der Waals surface area contributed by atoms with E-state index in [2.05, 4.69) is 20.2 Å². The van der Waals surface area contributed by atoms with Gasteiger partial charge in [0.05, 0.1) is 22.4 Å². The number of aromatic amines is 1. The Morgan fingerprint density at radius 2 is 1.47 bits per heavy atom. The van der Waals surface area contributed by atoms with Crippen molar-refractivity contribution in [3.8, 4) is 11.4 Å². The fourth-order valence-electron chi connectivity index (χ4n) is 2.34. The molecule has 90 valence electrons. The van der Waals surface area contributed by atoms with Crippen molar-refractivity contribution in [3.05, 3.63) is 54.9 Å². The average Bonchev–Trinajstić information content (AvgIpc) is 2.90. The maximum atomic E-state index is 4.42. The number of H-pyrrole nitrogens is 1. The minimum Gasteiger partial charge on any atom is -0.275 e. The van der Waals surface area contributed by atoms with Gasteiger partial charge in [-0.05, 0) is 12.1 Å². The molecule has 2 aromatic carbocycles. The third-order valence-corrected chi connectivity index (χ3v) is 3.24. The van der Waals surface area contributed by atoms with Gasteiger partial charge in [0.25, 0.3) is 0 Å². The number of hydrogen-bond acceptors (Lipinski definition) is 3. The molecule has 2 aromatic heterocycles. The number of nitrogens with one attached hydrogen (secondary N) is 1. The fraction of sp³-hybridized carbons (Fsp3) is 0. The summed E-state index contributed by atoms with van der Waals surface area (Å²) < 4.78 is 0. The van der Waals surface area contributed by atoms with Crippen molar-refractivity contribution in [2.75, 3.05) is 0 Å². The number of fused-ring (bicyclic) bond motifs is 2. The number of aromatic nitrogens is 4. The highest BCUT2D eigenvalue weighted by Crippen LogP contribution is 2.29. The van der Waals surface area contributed by atoms with E-state index in [9.17, 15) is 0 Å². The SMILES string of the molecule is c1ccc2c(-c3[nH]nc4ccccc34)ncnc2c1. The van der Waals surface area contributed by atoms with Crippen molar-refractivity contribution in [2.45, 2.75) is 0 Å². The highest BCUT2D eigenvalue weighted by Gasteiger charge is 2.11. The molecule has 4 rings (SSSR count). The van der Waals surface area contributed by atoms with E-state index in [1.807, 2.05) is 48.5 Å². The normalized spacial score (nSPS) is 11.2. The molecule has 4 heteroatoms. The van der Waals surface area contributed by atoms with E-state index in [0.717, 1.165) is 33.2 Å². The largest absolute Gasteiger partial charge is 0.275 e. The van der Waals surface area contributed by atoms with Crippen LogP contribution in [0.1, 0.15) is 0 Å². The Morgan fingerprint density at radius 1 is 0.737 bits per heavy atom. The molecule has 0 aliphatic carbocycles. The van der Waals surface area contributed by atoms with E-state index in [1.54, 1.807) is 6.33 Å². The molecule has 0 bridgehead atoms. The molecule has 0 fully saturated rings. The van der Waals surface area contributed by atoms with Crippen LogP contribution in [-0.4, -0.2) is 20.2 Å². The lowest BCUT2D eigenvalue weighted by atomic mass is 10.1. The third-order valence-electron chi connectivity index (χ3n) is 3.24. The van der Waals surface area contributed by atoms with Crippen LogP contribution in [0.2, 0.25) is 0 Å². The van der Waals surface area contributed by atoms with Crippen molar-refractivity contribution < 1.29 is 0 Å². The summed E-state index contributed by atoms with van der Waals surface area (Å²) in [7, 11) is 0. The predicted octanol–water partition coefficient (Wildman–Crippen LogP) is 3.17. The Bertz CT molecular complexity index is 874. The number of para-hydroxylation sites is 2. The monoisotopic (exact) mass is 246 g/mol. The molecule has 19 heavy (non-hydrogen) atoms. The zero-order valence-electron chi connectivity index (χ0n) is 10.0. The van der Waals surface area contributed by atoms with Gasteiger partial charge in [-0.15, -0.1) is 0 Å². The molecule has 0 atom stereocenters. The molecule has 0 saturated carbocycles. The molecular formula is C15H10N4. The van der Waals surface area contributed by atoms with Crippen LogP contribution in [0, 0.1) is 0 Å². The van der Waals surface area contributed by atoms with Crippen LogP contribution in [0.25, 0.3) is 33.2 Å². The predicted molar refractivity (Wildman–Crippen MR) is 74.6 cm³/mol. The fourth-order valence-corrected chi connectivity index (χ4v) is 2.34. The van der Waals surface area contributed by atoms with Crippen LogP contribution in [0.15, 0.2) is 54.9 Å². The van der Waals surface area contributed by atoms with Gasteiger partial charge in [-0.25, -0.2) is 9.97 Å². The summed E-state index contributed by atoms with van der Waals surface area (Å²) in [5.74, 6) is 0. The highest BCUT2D eigenvalue weighted by molar-refractivity contribution is 6.00. The summed E-state index contributed by atoms with van der Waals surface area (Å²) in [6, 6.07) is 16.0. The van der Waals surface area contributed by atoms with Crippen molar-refractivity contribution in [1.82, 2.24) is 20.2 Å². The second-order valence-corrected chi connectivity index (χ2v) is 4.36. The van der Waals surface area contributed by atoms with Crippen LogP contribution < -0.4 is 0 Å². The number of hydrogen-bond donors (Lipinski definition) is 1. The smallest absolute Gasteiger partial charge is 0.116 e. The van der Waals surface area contributed by atoms with E-state index in [-0.39, 0.29) is 0 Å². The molecule has 0 aliphatic rings. The summed E-state index contributed by atoms with van der Waals surface area (Å²) >= 11 is 0. The first-order valence-corrected chi connectivity index (χ1v) is 6.07. The zero-order valence-corrected chi connectivity index (χ0v) is 10.0. The van der Waals surface area contributed by atoms with Crippen LogP contribution in [0.3, 0.4) is 0 Å². The van der Waals surface area contributed by atoms with E-state index in [1.165, 1.54) is 0 Å². The number of nitrogens with zero attached hydrogens (tertiary/aromatic N) is 3. The van der Waals surface area contributed by atoms with Crippen LogP contribution >= 0.6 is 0 Å². The van der Waals surface area contributed by atoms with Crippen molar-refractivity contribution in [2.24, 2.45) is 0 Å². The first-order chi connectivity index (χ1) is 9.43. The Morgan fingerprint density at radius 3 is 2.37 bits per heavy atom. The Labute approximate surface area is 109 Å². The van der Waals surface area contributed by atoms with Gasteiger partial charge < -0.3 is 0 Å². The summed E-state index contributed by atoms with van der Waals surface area (Å²) in [5, 5.41) is 9.50. The van der Waals surface area contributed by atoms with Crippen molar-refractivity contribution in [3.63, 3.8) is 0 Å². The van der Waals surface area contributed by atoms with Gasteiger partial charge in [0.1, 0.15) is 6.33 Å². The first-order valence-electron chi connectivity index (χ1n) is 6.07. The molecule has 1 N–H and O–H groups in total. The van der Waals surface area contributed by atoms with Gasteiger partial charge in [0, 0.05) is 10.8 Å². The molecular weight excluding hydrogens is 236 g/mol. The summed E-state index contributed by atoms with van der Waals surface area (Å²) in [6.45, 7) is 0. The van der Waals surface area contributed by atoms with Gasteiger partial charge in [0.15, 0.2) is 0 Å². The molecule has 0 radical (unpaired) electrons. The third kappa shape index (κ3) is 1.50. The Kier molecular flexibility index (Phi) is 2.08. The van der Waals surface area contributed by atoms with Gasteiger partial charge in [0.2, 0.25) is 0 Å². The van der Waals surface area contributed by atoms with Crippen LogP contribution in [-0.2, 0) is 0 Å². The first kappa shape index (κ1) is 10.2. The van der Waals surface area contributed by atoms with E-state index in [0.29, 0.717) is 0 Å². The maximum Gasteiger partial charge on any atom is 0.116 e. The summed E-state index contributed by atoms with van der Waals surface area (Å²) in [6.07, 6.45) is 1.59. The molecule has 4 aromatic rings. The quantitative estimate of drug-likeness (QED) is 0.561. The highest BCUT2D eigenvalue weighted by atomic mass is 15.1. The van der Waals surface area contributed by atoms with Gasteiger partial charge >= 0.3 is 0 Å². The van der Waals surface area contributed by atoms with Crippen LogP contribution in [0.4, 0.5) is 0 Å². The summed E-state index contributed by atoms with van der Waals surface area (Å²) in [5.41, 5.74) is 3.71. The van der Waals surface area contributed by atoms with Gasteiger partial charge in [-0.1, -0.05) is 36.4 Å². The zero-order chi connectivity index (χ0) is 12.7. The number of benzene rings is 2. The van der Waals surface area contributed by atoms with Gasteiger partial charge in [-0.2, -0.15) is 5.10 Å². The van der Waals surface area contributed by atoms with Crippen molar-refractivity contribution in [1.29, 1.82) is 0 Å². The Hall–Kier alpha value is -2.75. The van der Waals surface area contributed by atoms with Gasteiger partial charge in [-0.3, -0.25) is 5.10 Å². The molecule has 0 saturated heterocycles. The van der Waals surface area contributed by atoms with Crippen molar-refractivity contribution >= 4 is 21.8 Å². The maximum absolute atomic E-state index is 4.42. The van der Waals surface area contributed by atoms with E-state index >= 15 is 0 Å². The standard InChI is InChI=1S/C15H10N4/c1-3-7-12-10(5-1)14(17-9-16-12)15-11-6-2-4-8-13(11)18-19-15/h1-9H,(H,18,19). The molecule has 0 unspecified atom stereocenters. The topological polar surface area (TPSA) is 54.5 Å². The van der Waals surface area contributed by atoms with E-state index < -0.39 is 0 Å². The minimum atomic E-state index is 0.888. The second kappa shape index (κ2) is 3.88. The lowest BCUT2D eigenvalue weighted by Gasteiger charge is -2.02. The summed E-state index contributed by atoms with van der Waals surface area (Å²) in [4.78, 5) is 8.70. The number of rotatable bonds is 1. The lowest BCUT2D eigenvalue weighted by Crippen LogP contribution is -1.89. The minimum absolute atomic E-state index is 0.888.